The molecule has 0 bridgehead atoms. The number of aromatic nitrogens is 1. The Morgan fingerprint density at radius 2 is 1.63 bits per heavy atom. The zero-order valence-electron chi connectivity index (χ0n) is 30.1. The van der Waals surface area contributed by atoms with Crippen LogP contribution in [0.5, 0.6) is 23.0 Å². The first-order valence-electron chi connectivity index (χ1n) is 16.9. The molecule has 0 amide bonds. The minimum atomic E-state index is -0.819. The summed E-state index contributed by atoms with van der Waals surface area (Å²) in [5.74, 6) is 1.18. The van der Waals surface area contributed by atoms with E-state index in [1.54, 1.807) is 58.2 Å². The Hall–Kier alpha value is -4.63. The number of ether oxygens (including phenoxy) is 6. The molecule has 0 fully saturated rings. The average Bonchev–Trinajstić information content (AvgIpc) is 3.41. The molecule has 0 spiro atoms. The first-order chi connectivity index (χ1) is 25.0. The Kier molecular flexibility index (Phi) is 12.8. The number of carbonyl (C=O) groups excluding carboxylic acids is 2. The van der Waals surface area contributed by atoms with Crippen LogP contribution in [0.2, 0.25) is 0 Å². The molecular weight excluding hydrogens is 799 g/mol. The Bertz CT molecular complexity index is 2170. The molecule has 1 aromatic heterocycles. The fourth-order valence-electron chi connectivity index (χ4n) is 5.65. The predicted molar refractivity (Wildman–Crippen MR) is 206 cm³/mol. The lowest BCUT2D eigenvalue weighted by atomic mass is 9.95. The van der Waals surface area contributed by atoms with E-state index in [-0.39, 0.29) is 36.4 Å². The van der Waals surface area contributed by atoms with E-state index >= 15 is 0 Å². The molecule has 5 rings (SSSR count). The summed E-state index contributed by atoms with van der Waals surface area (Å²) in [6, 6.07) is 15.4. The molecule has 0 N–H and O–H groups in total. The van der Waals surface area contributed by atoms with Crippen LogP contribution in [0.4, 0.5) is 0 Å². The molecule has 13 heteroatoms. The average molecular weight is 841 g/mol. The second-order valence-corrected chi connectivity index (χ2v) is 14.0. The maximum Gasteiger partial charge on any atom is 0.338 e. The van der Waals surface area contributed by atoms with E-state index in [1.807, 2.05) is 51.1 Å². The van der Waals surface area contributed by atoms with Crippen LogP contribution in [-0.2, 0) is 20.9 Å². The number of carbonyl (C=O) groups is 2. The van der Waals surface area contributed by atoms with Gasteiger partial charge in [-0.15, -0.1) is 0 Å². The third-order valence-electron chi connectivity index (χ3n) is 7.86. The van der Waals surface area contributed by atoms with Gasteiger partial charge in [0, 0.05) is 0 Å². The number of benzene rings is 3. The number of methoxy groups -OCH3 is 1. The second-order valence-electron chi connectivity index (χ2n) is 11.8. The lowest BCUT2D eigenvalue weighted by molar-refractivity contribution is -0.139. The highest BCUT2D eigenvalue weighted by molar-refractivity contribution is 14.1. The topological polar surface area (TPSA) is 124 Å². The third-order valence-corrected chi connectivity index (χ3v) is 9.65. The molecule has 0 unspecified atom stereocenters. The van der Waals surface area contributed by atoms with Crippen LogP contribution in [-0.4, -0.2) is 49.5 Å². The summed E-state index contributed by atoms with van der Waals surface area (Å²) in [5.41, 5.74) is 3.11. The molecular formula is C39H41IN2O9S. The van der Waals surface area contributed by atoms with Crippen LogP contribution < -0.4 is 33.8 Å². The molecule has 0 saturated heterocycles. The van der Waals surface area contributed by atoms with Gasteiger partial charge in [-0.25, -0.2) is 14.6 Å². The van der Waals surface area contributed by atoms with Crippen molar-refractivity contribution in [3.63, 3.8) is 0 Å². The molecule has 1 aliphatic rings. The minimum absolute atomic E-state index is 0.0851. The maximum absolute atomic E-state index is 14.3. The van der Waals surface area contributed by atoms with E-state index in [1.165, 1.54) is 15.9 Å². The number of thiazole rings is 1. The molecule has 52 heavy (non-hydrogen) atoms. The van der Waals surface area contributed by atoms with Crippen molar-refractivity contribution >= 4 is 51.9 Å². The van der Waals surface area contributed by atoms with Crippen LogP contribution in [0.25, 0.3) is 6.08 Å². The van der Waals surface area contributed by atoms with Gasteiger partial charge in [-0.05, 0) is 123 Å². The van der Waals surface area contributed by atoms with Crippen LogP contribution in [0.15, 0.2) is 75.7 Å². The van der Waals surface area contributed by atoms with Crippen molar-refractivity contribution in [2.45, 2.75) is 60.3 Å². The van der Waals surface area contributed by atoms with Crippen molar-refractivity contribution in [2.75, 3.05) is 26.9 Å². The van der Waals surface area contributed by atoms with Crippen molar-refractivity contribution in [1.82, 2.24) is 4.57 Å². The smallest absolute Gasteiger partial charge is 0.338 e. The first kappa shape index (κ1) is 38.6. The lowest BCUT2D eigenvalue weighted by Crippen LogP contribution is -2.40. The normalized spacial score (nSPS) is 14.1. The van der Waals surface area contributed by atoms with Crippen molar-refractivity contribution in [2.24, 2.45) is 4.99 Å². The second kappa shape index (κ2) is 17.3. The first-order valence-corrected chi connectivity index (χ1v) is 18.8. The molecule has 274 valence electrons. The molecule has 0 radical (unpaired) electrons. The molecule has 11 nitrogen and oxygen atoms in total. The Balaban J connectivity index is 1.54. The standard InChI is InChI=1S/C39H41IN2O9S/c1-8-47-31-18-25(17-28(40)35(31)50-21-24-11-13-26(14-12-24)37(44)48-9-2)19-32-36(43)42-34(27-15-16-29(51-22(4)5)30(20-27)46-7)33(38(45)49-10-3)23(6)41-39(42)52-32/h11-20,22,34H,8-10,21H2,1-7H3/b32-19+/t34-/m0/s1. The number of rotatable bonds is 14. The summed E-state index contributed by atoms with van der Waals surface area (Å²) in [7, 11) is 1.55. The zero-order valence-corrected chi connectivity index (χ0v) is 33.1. The van der Waals surface area contributed by atoms with Crippen LogP contribution in [0, 0.1) is 3.57 Å². The molecule has 3 aromatic carbocycles. The number of allylic oxidation sites excluding steroid dienone is 1. The minimum Gasteiger partial charge on any atom is -0.493 e. The van der Waals surface area contributed by atoms with Gasteiger partial charge in [-0.3, -0.25) is 9.36 Å². The maximum atomic E-state index is 14.3. The van der Waals surface area contributed by atoms with E-state index < -0.39 is 12.0 Å². The molecule has 2 heterocycles. The van der Waals surface area contributed by atoms with E-state index in [0.717, 1.165) is 14.7 Å². The number of fused-ring (bicyclic) bond motifs is 1. The monoisotopic (exact) mass is 840 g/mol. The van der Waals surface area contributed by atoms with Gasteiger partial charge in [0.25, 0.3) is 5.56 Å². The van der Waals surface area contributed by atoms with E-state index in [2.05, 4.69) is 22.6 Å². The summed E-state index contributed by atoms with van der Waals surface area (Å²) in [6.07, 6.45) is 1.70. The highest BCUT2D eigenvalue weighted by atomic mass is 127. The Morgan fingerprint density at radius 1 is 0.923 bits per heavy atom. The number of esters is 2. The molecule has 0 saturated carbocycles. The van der Waals surface area contributed by atoms with E-state index in [4.69, 9.17) is 33.4 Å². The van der Waals surface area contributed by atoms with Crippen LogP contribution >= 0.6 is 33.9 Å². The van der Waals surface area contributed by atoms with Crippen molar-refractivity contribution in [1.29, 1.82) is 0 Å². The van der Waals surface area contributed by atoms with Crippen LogP contribution in [0.1, 0.15) is 74.6 Å². The summed E-state index contributed by atoms with van der Waals surface area (Å²) in [5, 5.41) is 0. The fourth-order valence-corrected chi connectivity index (χ4v) is 7.47. The van der Waals surface area contributed by atoms with Gasteiger partial charge in [-0.1, -0.05) is 29.5 Å². The predicted octanol–water partition coefficient (Wildman–Crippen LogP) is 6.35. The molecule has 0 aliphatic carbocycles. The van der Waals surface area contributed by atoms with Gasteiger partial charge in [0.05, 0.1) is 64.0 Å². The van der Waals surface area contributed by atoms with Crippen molar-refractivity contribution < 1.29 is 38.0 Å². The fraction of sp³-hybridized carbons (Fsp3) is 0.333. The number of nitrogens with zero attached hydrogens (tertiary/aromatic N) is 2. The Labute approximate surface area is 319 Å². The van der Waals surface area contributed by atoms with Crippen LogP contribution in [0.3, 0.4) is 0 Å². The van der Waals surface area contributed by atoms with E-state index in [9.17, 15) is 14.4 Å². The summed E-state index contributed by atoms with van der Waals surface area (Å²) < 4.78 is 37.0. The van der Waals surface area contributed by atoms with Crippen molar-refractivity contribution in [3.05, 3.63) is 111 Å². The molecule has 4 aromatic rings. The SMILES string of the molecule is CCOC(=O)C1=C(C)N=c2s/c(=C/c3cc(I)c(OCc4ccc(C(=O)OCC)cc4)c(OCC)c3)c(=O)n2[C@H]1c1ccc(OC(C)C)c(OC)c1. The summed E-state index contributed by atoms with van der Waals surface area (Å²) in [6.45, 7) is 12.1. The lowest BCUT2D eigenvalue weighted by Gasteiger charge is -2.25. The van der Waals surface area contributed by atoms with Gasteiger partial charge < -0.3 is 28.4 Å². The largest absolute Gasteiger partial charge is 0.493 e. The number of hydrogen-bond donors (Lipinski definition) is 0. The van der Waals surface area contributed by atoms with Crippen molar-refractivity contribution in [3.8, 4) is 23.0 Å². The molecule has 1 aliphatic heterocycles. The van der Waals surface area contributed by atoms with Gasteiger partial charge >= 0.3 is 11.9 Å². The van der Waals surface area contributed by atoms with Gasteiger partial charge in [0.15, 0.2) is 27.8 Å². The summed E-state index contributed by atoms with van der Waals surface area (Å²) in [4.78, 5) is 44.9. The van der Waals surface area contributed by atoms with Gasteiger partial charge in [0.2, 0.25) is 0 Å². The highest BCUT2D eigenvalue weighted by Crippen LogP contribution is 2.37. The third kappa shape index (κ3) is 8.52. The zero-order chi connectivity index (χ0) is 37.5. The number of halogens is 1. The molecule has 1 atom stereocenters. The Morgan fingerprint density at radius 3 is 2.29 bits per heavy atom. The number of hydrogen-bond acceptors (Lipinski definition) is 11. The summed E-state index contributed by atoms with van der Waals surface area (Å²) >= 11 is 3.42. The van der Waals surface area contributed by atoms with Gasteiger partial charge in [-0.2, -0.15) is 0 Å². The quantitative estimate of drug-likeness (QED) is 0.106. The van der Waals surface area contributed by atoms with Gasteiger partial charge in [0.1, 0.15) is 6.61 Å². The highest BCUT2D eigenvalue weighted by Gasteiger charge is 2.34. The van der Waals surface area contributed by atoms with E-state index in [0.29, 0.717) is 62.4 Å².